The van der Waals surface area contributed by atoms with E-state index in [9.17, 15) is 4.79 Å². The number of hydrogen-bond acceptors (Lipinski definition) is 6. The number of amides is 1. The van der Waals surface area contributed by atoms with Crippen molar-refractivity contribution in [2.75, 3.05) is 13.1 Å². The topological polar surface area (TPSA) is 125 Å². The number of carbonyl (C=O) groups excluding carboxylic acids is 1. The third-order valence-corrected chi connectivity index (χ3v) is 1.50. The molecule has 0 aromatic heterocycles. The molecule has 1 aliphatic heterocycles. The molecule has 7 nitrogen and oxygen atoms in total. The predicted octanol–water partition coefficient (Wildman–Crippen LogP) is -3.34. The van der Waals surface area contributed by atoms with Crippen LogP contribution in [0.25, 0.3) is 0 Å². The normalized spacial score (nSPS) is 22.3. The van der Waals surface area contributed by atoms with Crippen molar-refractivity contribution in [3.05, 3.63) is 11.5 Å². The second-order valence-corrected chi connectivity index (χ2v) is 2.52. The van der Waals surface area contributed by atoms with Crippen molar-refractivity contribution in [3.8, 4) is 0 Å². The third kappa shape index (κ3) is 2.23. The molecule has 0 aromatic carbocycles. The molecule has 0 aliphatic carbocycles. The monoisotopic (exact) mass is 187 g/mol. The third-order valence-electron chi connectivity index (χ3n) is 1.50. The minimum Gasteiger partial charge on any atom is -0.384 e. The maximum absolute atomic E-state index is 11.2. The molecule has 0 fully saturated rings. The fourth-order valence-electron chi connectivity index (χ4n) is 0.947. The largest absolute Gasteiger partial charge is 0.384 e. The lowest BCUT2D eigenvalue weighted by Crippen LogP contribution is -2.54. The zero-order valence-corrected chi connectivity index (χ0v) is 7.00. The Balaban J connectivity index is 2.67. The van der Waals surface area contributed by atoms with Crippen LogP contribution >= 0.6 is 0 Å². The van der Waals surface area contributed by atoms with E-state index in [4.69, 9.17) is 16.6 Å². The molecule has 0 saturated carbocycles. The average Bonchev–Trinajstić information content (AvgIpc) is 2.02. The van der Waals surface area contributed by atoms with Crippen LogP contribution in [0.3, 0.4) is 0 Å². The van der Waals surface area contributed by atoms with Crippen LogP contribution in [0.15, 0.2) is 11.5 Å². The summed E-state index contributed by atoms with van der Waals surface area (Å²) < 4.78 is 0. The van der Waals surface area contributed by atoms with Crippen LogP contribution in [0.2, 0.25) is 0 Å². The second kappa shape index (κ2) is 3.97. The van der Waals surface area contributed by atoms with Crippen LogP contribution in [-0.2, 0) is 4.79 Å². The van der Waals surface area contributed by atoms with E-state index in [1.165, 1.54) is 0 Å². The fraction of sp³-hybridized carbons (Fsp3) is 0.500. The number of carbonyl (C=O) groups is 1. The summed E-state index contributed by atoms with van der Waals surface area (Å²) in [4.78, 5) is 11.2. The summed E-state index contributed by atoms with van der Waals surface area (Å²) in [5.41, 5.74) is 10.9. The van der Waals surface area contributed by atoms with Crippen LogP contribution in [0.4, 0.5) is 0 Å². The molecule has 1 atom stereocenters. The molecule has 0 spiro atoms. The summed E-state index contributed by atoms with van der Waals surface area (Å²) in [6.07, 6.45) is -1.13. The number of hydrogen-bond donors (Lipinski definition) is 6. The van der Waals surface area contributed by atoms with E-state index in [1.807, 2.05) is 0 Å². The number of nitrogens with one attached hydrogen (secondary N) is 3. The number of aliphatic hydroxyl groups excluding tert-OH is 1. The first kappa shape index (κ1) is 9.62. The lowest BCUT2D eigenvalue weighted by atomic mass is 10.3. The number of rotatable bonds is 3. The van der Waals surface area contributed by atoms with Gasteiger partial charge in [-0.25, -0.2) is 0 Å². The molecule has 0 aromatic rings. The van der Waals surface area contributed by atoms with Gasteiger partial charge in [0.2, 0.25) is 6.35 Å². The van der Waals surface area contributed by atoms with Crippen molar-refractivity contribution < 1.29 is 9.90 Å². The zero-order chi connectivity index (χ0) is 9.84. The summed E-state index contributed by atoms with van der Waals surface area (Å²) >= 11 is 0. The molecule has 74 valence electrons. The smallest absolute Gasteiger partial charge is 0.274 e. The molecule has 13 heavy (non-hydrogen) atoms. The van der Waals surface area contributed by atoms with Crippen molar-refractivity contribution in [3.63, 3.8) is 0 Å². The van der Waals surface area contributed by atoms with Gasteiger partial charge in [-0.2, -0.15) is 0 Å². The standard InChI is InChI=1S/C6H13N5O2/c7-1-2-9-3-4(8)10-6(13)11-5(3)12/h6,9-10,13H,1-2,7-8H2,(H,11,12). The van der Waals surface area contributed by atoms with Crippen molar-refractivity contribution in [2.45, 2.75) is 6.35 Å². The number of aliphatic hydroxyl groups is 1. The Kier molecular flexibility index (Phi) is 2.93. The predicted molar refractivity (Wildman–Crippen MR) is 45.6 cm³/mol. The molecule has 0 saturated heterocycles. The van der Waals surface area contributed by atoms with Crippen LogP contribution in [0, 0.1) is 0 Å². The van der Waals surface area contributed by atoms with Crippen molar-refractivity contribution in [2.24, 2.45) is 11.5 Å². The summed E-state index contributed by atoms with van der Waals surface area (Å²) in [6.45, 7) is 0.841. The van der Waals surface area contributed by atoms with Crippen LogP contribution in [0.5, 0.6) is 0 Å². The quantitative estimate of drug-likeness (QED) is 0.274. The molecule has 0 bridgehead atoms. The van der Waals surface area contributed by atoms with E-state index in [0.717, 1.165) is 0 Å². The average molecular weight is 187 g/mol. The molecule has 0 radical (unpaired) electrons. The molecule has 1 rings (SSSR count). The van der Waals surface area contributed by atoms with Crippen LogP contribution in [-0.4, -0.2) is 30.5 Å². The maximum Gasteiger partial charge on any atom is 0.274 e. The highest BCUT2D eigenvalue weighted by Gasteiger charge is 2.22. The van der Waals surface area contributed by atoms with E-state index < -0.39 is 12.3 Å². The summed E-state index contributed by atoms with van der Waals surface area (Å²) in [5, 5.41) is 16.4. The Morgan fingerprint density at radius 3 is 2.77 bits per heavy atom. The molecule has 1 heterocycles. The Morgan fingerprint density at radius 1 is 1.54 bits per heavy atom. The van der Waals surface area contributed by atoms with Gasteiger partial charge in [0.1, 0.15) is 11.5 Å². The highest BCUT2D eigenvalue weighted by atomic mass is 16.3. The second-order valence-electron chi connectivity index (χ2n) is 2.52. The van der Waals surface area contributed by atoms with Gasteiger partial charge in [0, 0.05) is 13.1 Å². The Labute approximate surface area is 75.2 Å². The minimum atomic E-state index is -1.13. The lowest BCUT2D eigenvalue weighted by Gasteiger charge is -2.24. The number of nitrogens with two attached hydrogens (primary N) is 2. The highest BCUT2D eigenvalue weighted by Crippen LogP contribution is 1.98. The zero-order valence-electron chi connectivity index (χ0n) is 7.00. The SMILES string of the molecule is NCCNC1=C(N)NC(O)NC1=O. The van der Waals surface area contributed by atoms with Crippen LogP contribution in [0.1, 0.15) is 0 Å². The molecule has 1 amide bonds. The summed E-state index contributed by atoms with van der Waals surface area (Å²) in [7, 11) is 0. The fourth-order valence-corrected chi connectivity index (χ4v) is 0.947. The first-order valence-corrected chi connectivity index (χ1v) is 3.84. The van der Waals surface area contributed by atoms with E-state index in [-0.39, 0.29) is 11.5 Å². The van der Waals surface area contributed by atoms with Gasteiger partial charge < -0.3 is 32.5 Å². The molecule has 1 unspecified atom stereocenters. The Bertz CT molecular complexity index is 239. The van der Waals surface area contributed by atoms with Gasteiger partial charge in [-0.3, -0.25) is 4.79 Å². The molecule has 8 N–H and O–H groups in total. The first-order valence-electron chi connectivity index (χ1n) is 3.84. The van der Waals surface area contributed by atoms with E-state index in [1.54, 1.807) is 0 Å². The first-order chi connectivity index (χ1) is 6.15. The highest BCUT2D eigenvalue weighted by molar-refractivity contribution is 5.94. The van der Waals surface area contributed by atoms with Crippen molar-refractivity contribution in [1.29, 1.82) is 0 Å². The van der Waals surface area contributed by atoms with E-state index in [2.05, 4.69) is 16.0 Å². The van der Waals surface area contributed by atoms with Crippen molar-refractivity contribution in [1.82, 2.24) is 16.0 Å². The van der Waals surface area contributed by atoms with Gasteiger partial charge in [-0.05, 0) is 0 Å². The van der Waals surface area contributed by atoms with Gasteiger partial charge in [0.15, 0.2) is 0 Å². The Morgan fingerprint density at radius 2 is 2.23 bits per heavy atom. The minimum absolute atomic E-state index is 0.115. The molecule has 1 aliphatic rings. The Hall–Kier alpha value is -1.47. The van der Waals surface area contributed by atoms with Gasteiger partial charge in [0.25, 0.3) is 5.91 Å². The maximum atomic E-state index is 11.2. The van der Waals surface area contributed by atoms with E-state index >= 15 is 0 Å². The summed E-state index contributed by atoms with van der Waals surface area (Å²) in [6, 6.07) is 0. The molecular formula is C6H13N5O2. The van der Waals surface area contributed by atoms with Gasteiger partial charge in [-0.1, -0.05) is 0 Å². The molecular weight excluding hydrogens is 174 g/mol. The van der Waals surface area contributed by atoms with Crippen molar-refractivity contribution >= 4 is 5.91 Å². The van der Waals surface area contributed by atoms with Gasteiger partial charge in [-0.15, -0.1) is 0 Å². The lowest BCUT2D eigenvalue weighted by molar-refractivity contribution is -0.122. The summed E-state index contributed by atoms with van der Waals surface area (Å²) in [5.74, 6) is -0.332. The van der Waals surface area contributed by atoms with Crippen LogP contribution < -0.4 is 27.4 Å². The van der Waals surface area contributed by atoms with E-state index in [0.29, 0.717) is 13.1 Å². The molecule has 7 heteroatoms. The van der Waals surface area contributed by atoms with Gasteiger partial charge >= 0.3 is 0 Å². The van der Waals surface area contributed by atoms with Gasteiger partial charge in [0.05, 0.1) is 0 Å².